The fourth-order valence-corrected chi connectivity index (χ4v) is 2.03. The van der Waals surface area contributed by atoms with E-state index in [1.807, 2.05) is 30.1 Å². The molecule has 0 radical (unpaired) electrons. The van der Waals surface area contributed by atoms with Crippen LogP contribution >= 0.6 is 0 Å². The van der Waals surface area contributed by atoms with Crippen LogP contribution in [0, 0.1) is 5.82 Å². The van der Waals surface area contributed by atoms with Crippen molar-refractivity contribution in [2.24, 2.45) is 0 Å². The Morgan fingerprint density at radius 2 is 1.76 bits per heavy atom. The highest BCUT2D eigenvalue weighted by Crippen LogP contribution is 2.20. The Hall–Kier alpha value is -1.81. The maximum atomic E-state index is 13.7. The number of nitrogens with one attached hydrogen (secondary N) is 1. The molecule has 3 nitrogen and oxygen atoms in total. The highest BCUT2D eigenvalue weighted by Gasteiger charge is 2.12. The summed E-state index contributed by atoms with van der Waals surface area (Å²) >= 11 is 0. The van der Waals surface area contributed by atoms with Gasteiger partial charge in [-0.05, 0) is 45.0 Å². The van der Waals surface area contributed by atoms with Gasteiger partial charge in [0.1, 0.15) is 17.3 Å². The van der Waals surface area contributed by atoms with Crippen LogP contribution in [-0.2, 0) is 13.1 Å². The van der Waals surface area contributed by atoms with Crippen molar-refractivity contribution < 1.29 is 8.81 Å². The van der Waals surface area contributed by atoms with Crippen LogP contribution in [0.3, 0.4) is 0 Å². The first-order chi connectivity index (χ1) is 9.85. The van der Waals surface area contributed by atoms with E-state index in [0.29, 0.717) is 18.8 Å². The molecule has 4 heteroatoms. The van der Waals surface area contributed by atoms with Gasteiger partial charge >= 0.3 is 0 Å². The van der Waals surface area contributed by atoms with E-state index in [9.17, 15) is 4.39 Å². The third-order valence-electron chi connectivity index (χ3n) is 3.17. The quantitative estimate of drug-likeness (QED) is 0.904. The average Bonchev–Trinajstić information content (AvgIpc) is 2.83. The molecule has 0 unspecified atom stereocenters. The van der Waals surface area contributed by atoms with E-state index in [4.69, 9.17) is 4.42 Å². The van der Waals surface area contributed by atoms with Crippen LogP contribution in [0.25, 0.3) is 0 Å². The summed E-state index contributed by atoms with van der Waals surface area (Å²) in [6.45, 7) is 7.57. The van der Waals surface area contributed by atoms with Gasteiger partial charge in [-0.2, -0.15) is 0 Å². The predicted molar refractivity (Wildman–Crippen MR) is 83.8 cm³/mol. The van der Waals surface area contributed by atoms with Crippen molar-refractivity contribution in [3.05, 3.63) is 53.7 Å². The third-order valence-corrected chi connectivity index (χ3v) is 3.17. The fraction of sp³-hybridized carbons (Fsp3) is 0.412. The van der Waals surface area contributed by atoms with Crippen molar-refractivity contribution >= 4 is 5.69 Å². The van der Waals surface area contributed by atoms with Crippen molar-refractivity contribution in [2.75, 3.05) is 11.9 Å². The van der Waals surface area contributed by atoms with Crippen LogP contribution in [0.4, 0.5) is 10.1 Å². The smallest absolute Gasteiger partial charge is 0.146 e. The van der Waals surface area contributed by atoms with Gasteiger partial charge in [-0.25, -0.2) is 4.39 Å². The second kappa shape index (κ2) is 6.31. The third kappa shape index (κ3) is 4.60. The molecule has 21 heavy (non-hydrogen) atoms. The van der Waals surface area contributed by atoms with Gasteiger partial charge in [0.05, 0.1) is 18.8 Å². The average molecular weight is 290 g/mol. The zero-order valence-corrected chi connectivity index (χ0v) is 13.1. The summed E-state index contributed by atoms with van der Waals surface area (Å²) in [6.07, 6.45) is 0. The van der Waals surface area contributed by atoms with Gasteiger partial charge in [-0.15, -0.1) is 0 Å². The van der Waals surface area contributed by atoms with E-state index >= 15 is 0 Å². The van der Waals surface area contributed by atoms with Crippen molar-refractivity contribution in [1.82, 2.24) is 5.32 Å². The molecule has 0 saturated heterocycles. The number of nitrogens with zero attached hydrogens (tertiary/aromatic N) is 1. The van der Waals surface area contributed by atoms with Crippen molar-refractivity contribution in [2.45, 2.75) is 39.4 Å². The number of rotatable bonds is 5. The summed E-state index contributed by atoms with van der Waals surface area (Å²) in [5, 5.41) is 3.38. The number of furan rings is 1. The lowest BCUT2D eigenvalue weighted by atomic mass is 10.1. The first-order valence-corrected chi connectivity index (χ1v) is 7.13. The maximum absolute atomic E-state index is 13.7. The zero-order valence-electron chi connectivity index (χ0n) is 13.1. The summed E-state index contributed by atoms with van der Waals surface area (Å²) < 4.78 is 19.5. The first-order valence-electron chi connectivity index (χ1n) is 7.13. The molecule has 0 aliphatic rings. The molecule has 2 aromatic rings. The van der Waals surface area contributed by atoms with Gasteiger partial charge in [-0.1, -0.05) is 12.1 Å². The van der Waals surface area contributed by atoms with Gasteiger partial charge in [0.2, 0.25) is 0 Å². The molecule has 0 saturated carbocycles. The van der Waals surface area contributed by atoms with E-state index in [0.717, 1.165) is 11.5 Å². The molecular formula is C17H23FN2O. The van der Waals surface area contributed by atoms with Gasteiger partial charge < -0.3 is 14.6 Å². The molecule has 0 aliphatic carbocycles. The Morgan fingerprint density at radius 3 is 2.43 bits per heavy atom. The lowest BCUT2D eigenvalue weighted by Gasteiger charge is -2.20. The summed E-state index contributed by atoms with van der Waals surface area (Å²) in [5.41, 5.74) is 0.625. The molecule has 114 valence electrons. The maximum Gasteiger partial charge on any atom is 0.146 e. The highest BCUT2D eigenvalue weighted by molar-refractivity contribution is 5.46. The zero-order chi connectivity index (χ0) is 15.5. The van der Waals surface area contributed by atoms with Gasteiger partial charge in [-0.3, -0.25) is 0 Å². The molecule has 0 atom stereocenters. The molecular weight excluding hydrogens is 267 g/mol. The summed E-state index contributed by atoms with van der Waals surface area (Å²) in [5.74, 6) is 1.49. The SMILES string of the molecule is CN(Cc1ccc(CNC(C)(C)C)o1)c1ccccc1F. The molecule has 1 N–H and O–H groups in total. The molecule has 0 amide bonds. The monoisotopic (exact) mass is 290 g/mol. The van der Waals surface area contributed by atoms with Crippen molar-refractivity contribution in [3.63, 3.8) is 0 Å². The van der Waals surface area contributed by atoms with E-state index in [2.05, 4.69) is 26.1 Å². The topological polar surface area (TPSA) is 28.4 Å². The Balaban J connectivity index is 1.98. The molecule has 0 aliphatic heterocycles. The second-order valence-corrected chi connectivity index (χ2v) is 6.28. The highest BCUT2D eigenvalue weighted by atomic mass is 19.1. The molecule has 1 aromatic carbocycles. The molecule has 1 aromatic heterocycles. The van der Waals surface area contributed by atoms with Crippen LogP contribution in [0.5, 0.6) is 0 Å². The predicted octanol–water partition coefficient (Wildman–Crippen LogP) is 3.94. The fourth-order valence-electron chi connectivity index (χ4n) is 2.03. The molecule has 2 rings (SSSR count). The Morgan fingerprint density at radius 1 is 1.10 bits per heavy atom. The summed E-state index contributed by atoms with van der Waals surface area (Å²) in [6, 6.07) is 10.7. The van der Waals surface area contributed by atoms with Crippen LogP contribution in [0.1, 0.15) is 32.3 Å². The number of hydrogen-bond donors (Lipinski definition) is 1. The Labute approximate surface area is 125 Å². The van der Waals surface area contributed by atoms with Gasteiger partial charge in [0.15, 0.2) is 0 Å². The Kier molecular flexibility index (Phi) is 4.68. The van der Waals surface area contributed by atoms with Gasteiger partial charge in [0, 0.05) is 12.6 Å². The van der Waals surface area contributed by atoms with Gasteiger partial charge in [0.25, 0.3) is 0 Å². The number of benzene rings is 1. The Bertz CT molecular complexity index is 586. The van der Waals surface area contributed by atoms with E-state index in [1.165, 1.54) is 6.07 Å². The second-order valence-electron chi connectivity index (χ2n) is 6.28. The minimum Gasteiger partial charge on any atom is -0.463 e. The molecule has 0 fully saturated rings. The molecule has 0 spiro atoms. The minimum absolute atomic E-state index is 0.0525. The lowest BCUT2D eigenvalue weighted by Crippen LogP contribution is -2.34. The van der Waals surface area contributed by atoms with Crippen LogP contribution in [-0.4, -0.2) is 12.6 Å². The van der Waals surface area contributed by atoms with Crippen molar-refractivity contribution in [1.29, 1.82) is 0 Å². The largest absolute Gasteiger partial charge is 0.463 e. The standard InChI is InChI=1S/C17H23FN2O/c1-17(2,3)19-11-13-9-10-14(21-13)12-20(4)16-8-6-5-7-15(16)18/h5-10,19H,11-12H2,1-4H3. The summed E-state index contributed by atoms with van der Waals surface area (Å²) in [4.78, 5) is 1.84. The number of para-hydroxylation sites is 1. The van der Waals surface area contributed by atoms with Crippen LogP contribution < -0.4 is 10.2 Å². The van der Waals surface area contributed by atoms with Crippen LogP contribution in [0.2, 0.25) is 0 Å². The number of hydrogen-bond acceptors (Lipinski definition) is 3. The van der Waals surface area contributed by atoms with Crippen LogP contribution in [0.15, 0.2) is 40.8 Å². The first kappa shape index (κ1) is 15.6. The molecule has 1 heterocycles. The van der Waals surface area contributed by atoms with Crippen molar-refractivity contribution in [3.8, 4) is 0 Å². The summed E-state index contributed by atoms with van der Waals surface area (Å²) in [7, 11) is 1.86. The van der Waals surface area contributed by atoms with E-state index < -0.39 is 0 Å². The molecule has 0 bridgehead atoms. The number of halogens is 1. The lowest BCUT2D eigenvalue weighted by molar-refractivity contribution is 0.378. The minimum atomic E-state index is -0.221. The van der Waals surface area contributed by atoms with E-state index in [-0.39, 0.29) is 11.4 Å². The van der Waals surface area contributed by atoms with E-state index in [1.54, 1.807) is 12.1 Å². The number of anilines is 1. The normalized spacial score (nSPS) is 11.7.